The van der Waals surface area contributed by atoms with Crippen LogP contribution >= 0.6 is 11.8 Å². The summed E-state index contributed by atoms with van der Waals surface area (Å²) in [4.78, 5) is 37.4. The number of amides is 3. The molecule has 2 rings (SSSR count). The first kappa shape index (κ1) is 17.3. The molecule has 0 aromatic heterocycles. The predicted octanol–water partition coefficient (Wildman–Crippen LogP) is 0.358. The summed E-state index contributed by atoms with van der Waals surface area (Å²) >= 11 is 1.48. The zero-order valence-corrected chi connectivity index (χ0v) is 13.9. The molecule has 3 amide bonds. The number of imide groups is 1. The van der Waals surface area contributed by atoms with Gasteiger partial charge in [-0.25, -0.2) is 0 Å². The molecule has 0 bridgehead atoms. The molecule has 2 aliphatic rings. The van der Waals surface area contributed by atoms with Crippen molar-refractivity contribution in [3.8, 4) is 0 Å². The minimum atomic E-state index is -0.252. The van der Waals surface area contributed by atoms with Gasteiger partial charge in [-0.3, -0.25) is 19.3 Å². The van der Waals surface area contributed by atoms with E-state index in [4.69, 9.17) is 5.73 Å². The Bertz CT molecular complexity index is 436. The second-order valence-corrected chi connectivity index (χ2v) is 7.34. The molecule has 1 unspecified atom stereocenters. The fourth-order valence-corrected chi connectivity index (χ4v) is 4.21. The van der Waals surface area contributed by atoms with Crippen LogP contribution in [-0.2, 0) is 14.4 Å². The Kier molecular flexibility index (Phi) is 6.26. The number of hydrogen-bond donors (Lipinski definition) is 2. The first-order chi connectivity index (χ1) is 10.6. The fourth-order valence-electron chi connectivity index (χ4n) is 3.25. The van der Waals surface area contributed by atoms with E-state index in [1.54, 1.807) is 7.05 Å². The summed E-state index contributed by atoms with van der Waals surface area (Å²) in [6.45, 7) is 1.03. The van der Waals surface area contributed by atoms with Gasteiger partial charge in [0.15, 0.2) is 0 Å². The molecule has 7 heteroatoms. The van der Waals surface area contributed by atoms with Crippen molar-refractivity contribution in [3.05, 3.63) is 0 Å². The van der Waals surface area contributed by atoms with Gasteiger partial charge in [0.1, 0.15) is 0 Å². The quantitative estimate of drug-likeness (QED) is 0.687. The van der Waals surface area contributed by atoms with E-state index in [1.165, 1.54) is 16.7 Å². The molecule has 22 heavy (non-hydrogen) atoms. The van der Waals surface area contributed by atoms with Crippen LogP contribution in [0.15, 0.2) is 0 Å². The van der Waals surface area contributed by atoms with Gasteiger partial charge < -0.3 is 11.1 Å². The summed E-state index contributed by atoms with van der Waals surface area (Å²) in [6.07, 6.45) is 3.78. The lowest BCUT2D eigenvalue weighted by molar-refractivity contribution is -0.139. The maximum atomic E-state index is 12.3. The Morgan fingerprint density at radius 3 is 2.59 bits per heavy atom. The van der Waals surface area contributed by atoms with Crippen LogP contribution in [0.5, 0.6) is 0 Å². The van der Waals surface area contributed by atoms with E-state index in [0.717, 1.165) is 25.7 Å². The molecule has 1 heterocycles. The molecule has 0 aromatic rings. The van der Waals surface area contributed by atoms with Crippen LogP contribution in [0.4, 0.5) is 0 Å². The van der Waals surface area contributed by atoms with Gasteiger partial charge >= 0.3 is 0 Å². The molecule has 3 N–H and O–H groups in total. The second kappa shape index (κ2) is 7.97. The van der Waals surface area contributed by atoms with Crippen molar-refractivity contribution < 1.29 is 14.4 Å². The molecule has 0 aromatic carbocycles. The Morgan fingerprint density at radius 1 is 1.32 bits per heavy atom. The lowest BCUT2D eigenvalue weighted by atomic mass is 9.81. The highest BCUT2D eigenvalue weighted by Gasteiger charge is 2.40. The number of nitrogens with zero attached hydrogens (tertiary/aromatic N) is 1. The molecule has 0 radical (unpaired) electrons. The number of carbonyl (C=O) groups is 3. The zero-order valence-electron chi connectivity index (χ0n) is 13.0. The highest BCUT2D eigenvalue weighted by atomic mass is 32.2. The molecule has 1 saturated carbocycles. The minimum absolute atomic E-state index is 0.0584. The predicted molar refractivity (Wildman–Crippen MR) is 86.2 cm³/mol. The van der Waals surface area contributed by atoms with Crippen LogP contribution in [0.1, 0.15) is 32.1 Å². The van der Waals surface area contributed by atoms with E-state index >= 15 is 0 Å². The smallest absolute Gasteiger partial charge is 0.242 e. The van der Waals surface area contributed by atoms with Crippen LogP contribution in [0.25, 0.3) is 0 Å². The van der Waals surface area contributed by atoms with Gasteiger partial charge in [-0.2, -0.15) is 0 Å². The van der Waals surface area contributed by atoms with Crippen molar-refractivity contribution in [2.24, 2.45) is 17.6 Å². The number of nitrogens with one attached hydrogen (secondary N) is 1. The molecule has 124 valence electrons. The van der Waals surface area contributed by atoms with Gasteiger partial charge in [0.25, 0.3) is 0 Å². The van der Waals surface area contributed by atoms with Crippen LogP contribution in [0.2, 0.25) is 0 Å². The zero-order chi connectivity index (χ0) is 16.1. The molecular formula is C15H25N3O3S. The first-order valence-electron chi connectivity index (χ1n) is 7.94. The second-order valence-electron chi connectivity index (χ2n) is 6.03. The van der Waals surface area contributed by atoms with Crippen molar-refractivity contribution >= 4 is 29.5 Å². The summed E-state index contributed by atoms with van der Waals surface area (Å²) in [7, 11) is 1.66. The van der Waals surface area contributed by atoms with E-state index in [1.807, 2.05) is 0 Å². The standard InChI is InChI=1S/C15H25N3O3S/c1-17-14(20)11-4-2-10(3-5-11)9-18-13(19)8-12(15(18)21)22-7-6-16/h10-12H,2-9,16H2,1H3,(H,17,20). The van der Waals surface area contributed by atoms with Gasteiger partial charge in [0.2, 0.25) is 17.7 Å². The van der Waals surface area contributed by atoms with Gasteiger partial charge in [0.05, 0.1) is 5.25 Å². The molecule has 1 aliphatic heterocycles. The van der Waals surface area contributed by atoms with Gasteiger partial charge in [-0.05, 0) is 31.6 Å². The van der Waals surface area contributed by atoms with Gasteiger partial charge in [-0.15, -0.1) is 11.8 Å². The van der Waals surface area contributed by atoms with Gasteiger partial charge in [-0.1, -0.05) is 0 Å². The molecule has 1 aliphatic carbocycles. The van der Waals surface area contributed by atoms with Crippen LogP contribution in [0.3, 0.4) is 0 Å². The Morgan fingerprint density at radius 2 is 2.00 bits per heavy atom. The molecule has 2 fully saturated rings. The largest absolute Gasteiger partial charge is 0.359 e. The van der Waals surface area contributed by atoms with Crippen molar-refractivity contribution in [1.29, 1.82) is 0 Å². The summed E-state index contributed by atoms with van der Waals surface area (Å²) in [6, 6.07) is 0. The third kappa shape index (κ3) is 4.01. The van der Waals surface area contributed by atoms with Crippen molar-refractivity contribution in [2.45, 2.75) is 37.4 Å². The Hall–Kier alpha value is -1.08. The Labute approximate surface area is 135 Å². The maximum absolute atomic E-state index is 12.3. The number of likely N-dealkylation sites (tertiary alicyclic amines) is 1. The monoisotopic (exact) mass is 327 g/mol. The summed E-state index contributed by atoms with van der Waals surface area (Å²) in [5.41, 5.74) is 5.46. The Balaban J connectivity index is 1.83. The first-order valence-corrected chi connectivity index (χ1v) is 8.99. The summed E-state index contributed by atoms with van der Waals surface area (Å²) in [5, 5.41) is 2.44. The molecular weight excluding hydrogens is 302 g/mol. The normalized spacial score (nSPS) is 29.0. The average molecular weight is 327 g/mol. The fraction of sp³-hybridized carbons (Fsp3) is 0.800. The number of hydrogen-bond acceptors (Lipinski definition) is 5. The summed E-state index contributed by atoms with van der Waals surface area (Å²) < 4.78 is 0. The number of rotatable bonds is 6. The van der Waals surface area contributed by atoms with Gasteiger partial charge in [0, 0.05) is 38.2 Å². The van der Waals surface area contributed by atoms with Crippen molar-refractivity contribution in [1.82, 2.24) is 10.2 Å². The molecule has 1 atom stereocenters. The molecule has 1 saturated heterocycles. The third-order valence-electron chi connectivity index (χ3n) is 4.54. The highest BCUT2D eigenvalue weighted by Crippen LogP contribution is 2.32. The lowest BCUT2D eigenvalue weighted by Gasteiger charge is -2.29. The van der Waals surface area contributed by atoms with Crippen LogP contribution in [0, 0.1) is 11.8 Å². The van der Waals surface area contributed by atoms with E-state index < -0.39 is 0 Å². The highest BCUT2D eigenvalue weighted by molar-refractivity contribution is 8.00. The lowest BCUT2D eigenvalue weighted by Crippen LogP contribution is -2.38. The average Bonchev–Trinajstić information content (AvgIpc) is 2.80. The van der Waals surface area contributed by atoms with Crippen molar-refractivity contribution in [2.75, 3.05) is 25.9 Å². The molecule has 6 nitrogen and oxygen atoms in total. The molecule has 0 spiro atoms. The van der Waals surface area contributed by atoms with Crippen LogP contribution < -0.4 is 11.1 Å². The van der Waals surface area contributed by atoms with E-state index in [-0.39, 0.29) is 28.9 Å². The van der Waals surface area contributed by atoms with E-state index in [9.17, 15) is 14.4 Å². The van der Waals surface area contributed by atoms with Crippen molar-refractivity contribution in [3.63, 3.8) is 0 Å². The maximum Gasteiger partial charge on any atom is 0.242 e. The number of thioether (sulfide) groups is 1. The third-order valence-corrected chi connectivity index (χ3v) is 5.79. The summed E-state index contributed by atoms with van der Waals surface area (Å²) in [5.74, 6) is 1.09. The SMILES string of the molecule is CNC(=O)C1CCC(CN2C(=O)CC(SCCN)C2=O)CC1. The van der Waals surface area contributed by atoms with E-state index in [2.05, 4.69) is 5.32 Å². The van der Waals surface area contributed by atoms with Crippen LogP contribution in [-0.4, -0.2) is 53.8 Å². The number of nitrogens with two attached hydrogens (primary N) is 1. The number of carbonyl (C=O) groups excluding carboxylic acids is 3. The van der Waals surface area contributed by atoms with E-state index in [0.29, 0.717) is 31.2 Å². The topological polar surface area (TPSA) is 92.5 Å². The minimum Gasteiger partial charge on any atom is -0.359 e.